The highest BCUT2D eigenvalue weighted by Crippen LogP contribution is 2.39. The number of aryl methyl sites for hydroxylation is 1. The van der Waals surface area contributed by atoms with Crippen molar-refractivity contribution in [1.29, 1.82) is 0 Å². The van der Waals surface area contributed by atoms with Crippen LogP contribution in [-0.2, 0) is 20.8 Å². The predicted octanol–water partition coefficient (Wildman–Crippen LogP) is 11.3. The smallest absolute Gasteiger partial charge is 0.267 e. The first-order valence-electron chi connectivity index (χ1n) is 17.7. The number of hydrazine groups is 1. The highest BCUT2D eigenvalue weighted by atomic mass is 35.5. The Morgan fingerprint density at radius 1 is 0.750 bits per heavy atom. The van der Waals surface area contributed by atoms with Gasteiger partial charge >= 0.3 is 0 Å². The van der Waals surface area contributed by atoms with Gasteiger partial charge in [-0.3, -0.25) is 14.4 Å². The summed E-state index contributed by atoms with van der Waals surface area (Å²) in [5, 5.41) is 7.60. The summed E-state index contributed by atoms with van der Waals surface area (Å²) in [7, 11) is 0. The highest BCUT2D eigenvalue weighted by Gasteiger charge is 2.45. The van der Waals surface area contributed by atoms with Gasteiger partial charge in [0.2, 0.25) is 0 Å². The number of benzene rings is 2. The molecule has 48 heavy (non-hydrogen) atoms. The number of hydrazone groups is 1. The van der Waals surface area contributed by atoms with Crippen LogP contribution in [0, 0.1) is 0 Å². The molecule has 1 atom stereocenters. The number of carbonyl (C=O) groups excluding carboxylic acids is 3. The predicted molar refractivity (Wildman–Crippen MR) is 199 cm³/mol. The molecule has 7 nitrogen and oxygen atoms in total. The number of hydrogen-bond donors (Lipinski definition) is 0. The lowest BCUT2D eigenvalue weighted by Gasteiger charge is -2.31. The van der Waals surface area contributed by atoms with Gasteiger partial charge in [-0.25, -0.2) is 5.01 Å². The molecule has 0 bridgehead atoms. The number of carbonyl (C=O) groups is 3. The van der Waals surface area contributed by atoms with Crippen LogP contribution in [0.1, 0.15) is 128 Å². The van der Waals surface area contributed by atoms with Gasteiger partial charge in [0.15, 0.2) is 5.84 Å². The lowest BCUT2D eigenvalue weighted by molar-refractivity contribution is -0.138. The standard InChI is InChI=1S/C37H48Cl4N4O3/c1-2-3-4-5-6-7-8-9-10-11-12-13-14-15-16-17-19-27-20-18-21-29(22-27)44(45-35(47)25-32(41)37(45)48)33-26-34(46)43(42-33)36-30(39)23-28(38)24-31(36)40/h18,20-24,32H,2-17,19,25-26H2,1H3. The van der Waals surface area contributed by atoms with E-state index >= 15 is 0 Å². The van der Waals surface area contributed by atoms with Crippen molar-refractivity contribution in [1.82, 2.24) is 5.01 Å². The fourth-order valence-electron chi connectivity index (χ4n) is 6.34. The van der Waals surface area contributed by atoms with Crippen molar-refractivity contribution in [2.45, 2.75) is 134 Å². The fraction of sp³-hybridized carbons (Fsp3) is 0.568. The minimum absolute atomic E-state index is 0.143. The van der Waals surface area contributed by atoms with E-state index in [1.165, 1.54) is 107 Å². The molecule has 0 radical (unpaired) electrons. The van der Waals surface area contributed by atoms with Crippen molar-refractivity contribution in [3.8, 4) is 0 Å². The summed E-state index contributed by atoms with van der Waals surface area (Å²) < 4.78 is 0. The zero-order valence-electron chi connectivity index (χ0n) is 28.0. The van der Waals surface area contributed by atoms with Crippen LogP contribution >= 0.6 is 46.4 Å². The number of nitrogens with zero attached hydrogens (tertiary/aromatic N) is 4. The van der Waals surface area contributed by atoms with Crippen molar-refractivity contribution in [2.24, 2.45) is 5.10 Å². The Hall–Kier alpha value is -2.32. The molecular formula is C37H48Cl4N4O3. The van der Waals surface area contributed by atoms with Crippen LogP contribution in [-0.4, -0.2) is 33.9 Å². The Balaban J connectivity index is 1.30. The van der Waals surface area contributed by atoms with Crippen LogP contribution in [0.3, 0.4) is 0 Å². The number of amidine groups is 1. The maximum atomic E-state index is 13.2. The molecule has 2 heterocycles. The van der Waals surface area contributed by atoms with Crippen LogP contribution in [0.25, 0.3) is 0 Å². The Morgan fingerprint density at radius 3 is 1.81 bits per heavy atom. The fourth-order valence-corrected chi connectivity index (χ4v) is 7.54. The van der Waals surface area contributed by atoms with Crippen molar-refractivity contribution in [3.63, 3.8) is 0 Å². The number of halogens is 4. The molecule has 11 heteroatoms. The maximum absolute atomic E-state index is 13.2. The number of hydrogen-bond acceptors (Lipinski definition) is 5. The van der Waals surface area contributed by atoms with E-state index in [0.29, 0.717) is 10.7 Å². The van der Waals surface area contributed by atoms with E-state index in [2.05, 4.69) is 12.0 Å². The molecule has 3 amide bonds. The largest absolute Gasteiger partial charge is 0.272 e. The van der Waals surface area contributed by atoms with Gasteiger partial charge in [-0.15, -0.1) is 16.7 Å². The molecule has 1 saturated heterocycles. The Labute approximate surface area is 305 Å². The third-order valence-corrected chi connectivity index (χ3v) is 10.1. The molecule has 0 saturated carbocycles. The van der Waals surface area contributed by atoms with Gasteiger partial charge in [0.05, 0.1) is 28.6 Å². The van der Waals surface area contributed by atoms with Crippen LogP contribution < -0.4 is 10.0 Å². The average Bonchev–Trinajstić information content (AvgIpc) is 3.54. The summed E-state index contributed by atoms with van der Waals surface area (Å²) in [5.74, 6) is -1.29. The molecule has 0 aliphatic carbocycles. The van der Waals surface area contributed by atoms with Gasteiger partial charge in [0, 0.05) is 5.02 Å². The number of alkyl halides is 1. The number of unbranched alkanes of at least 4 members (excludes halogenated alkanes) is 15. The SMILES string of the molecule is CCCCCCCCCCCCCCCCCCc1cccc(N(C2=NN(c3c(Cl)cc(Cl)cc3Cl)C(=O)C2)N2C(=O)CC(Cl)C2=O)c1. The van der Waals surface area contributed by atoms with Crippen molar-refractivity contribution in [3.05, 3.63) is 57.0 Å². The second-order valence-electron chi connectivity index (χ2n) is 12.9. The Morgan fingerprint density at radius 2 is 1.29 bits per heavy atom. The zero-order valence-corrected chi connectivity index (χ0v) is 31.0. The topological polar surface area (TPSA) is 73.3 Å². The Bertz CT molecular complexity index is 1410. The molecule has 2 aromatic rings. The zero-order chi connectivity index (χ0) is 34.5. The van der Waals surface area contributed by atoms with Gasteiger partial charge in [-0.2, -0.15) is 10.0 Å². The average molecular weight is 739 g/mol. The van der Waals surface area contributed by atoms with E-state index in [9.17, 15) is 14.4 Å². The summed E-state index contributed by atoms with van der Waals surface area (Å²) in [6, 6.07) is 10.6. The van der Waals surface area contributed by atoms with Crippen LogP contribution in [0.15, 0.2) is 41.5 Å². The summed E-state index contributed by atoms with van der Waals surface area (Å²) in [4.78, 5) is 39.4. The molecule has 2 aliphatic heterocycles. The second kappa shape index (κ2) is 19.8. The van der Waals surface area contributed by atoms with Gasteiger partial charge in [0.1, 0.15) is 11.1 Å². The quantitative estimate of drug-likeness (QED) is 0.0770. The number of rotatable bonds is 20. The molecule has 0 spiro atoms. The summed E-state index contributed by atoms with van der Waals surface area (Å²) in [6.07, 6.45) is 21.6. The Kier molecular flexibility index (Phi) is 15.8. The summed E-state index contributed by atoms with van der Waals surface area (Å²) in [6.45, 7) is 2.27. The van der Waals surface area contributed by atoms with Crippen LogP contribution in [0.5, 0.6) is 0 Å². The van der Waals surface area contributed by atoms with Gasteiger partial charge < -0.3 is 0 Å². The van der Waals surface area contributed by atoms with E-state index in [4.69, 9.17) is 46.4 Å². The third-order valence-electron chi connectivity index (χ3n) is 8.94. The minimum atomic E-state index is -0.998. The number of anilines is 2. The summed E-state index contributed by atoms with van der Waals surface area (Å²) >= 11 is 25.1. The molecule has 0 N–H and O–H groups in total. The highest BCUT2D eigenvalue weighted by molar-refractivity contribution is 6.43. The van der Waals surface area contributed by atoms with E-state index in [0.717, 1.165) is 34.8 Å². The normalized spacial score (nSPS) is 16.4. The van der Waals surface area contributed by atoms with E-state index < -0.39 is 23.1 Å². The van der Waals surface area contributed by atoms with Crippen molar-refractivity contribution >= 4 is 81.3 Å². The summed E-state index contributed by atoms with van der Waals surface area (Å²) in [5.41, 5.74) is 1.78. The van der Waals surface area contributed by atoms with E-state index in [1.807, 2.05) is 18.2 Å². The van der Waals surface area contributed by atoms with Crippen molar-refractivity contribution in [2.75, 3.05) is 10.0 Å². The second-order valence-corrected chi connectivity index (χ2v) is 14.6. The van der Waals surface area contributed by atoms with Gasteiger partial charge in [-0.1, -0.05) is 150 Å². The first-order chi connectivity index (χ1) is 23.2. The number of amides is 3. The van der Waals surface area contributed by atoms with Gasteiger partial charge in [0.25, 0.3) is 17.7 Å². The molecule has 1 unspecified atom stereocenters. The third kappa shape index (κ3) is 10.8. The lowest BCUT2D eigenvalue weighted by Crippen LogP contribution is -2.50. The molecule has 262 valence electrons. The minimum Gasteiger partial charge on any atom is -0.272 e. The van der Waals surface area contributed by atoms with Crippen molar-refractivity contribution < 1.29 is 14.4 Å². The monoisotopic (exact) mass is 736 g/mol. The van der Waals surface area contributed by atoms with Crippen LogP contribution in [0.2, 0.25) is 15.1 Å². The molecule has 0 aromatic heterocycles. The lowest BCUT2D eigenvalue weighted by atomic mass is 10.0. The first kappa shape index (κ1) is 38.5. The van der Waals surface area contributed by atoms with Crippen LogP contribution in [0.4, 0.5) is 11.4 Å². The molecule has 4 rings (SSSR count). The van der Waals surface area contributed by atoms with E-state index in [-0.39, 0.29) is 34.4 Å². The number of imide groups is 1. The van der Waals surface area contributed by atoms with Gasteiger partial charge in [-0.05, 0) is 42.7 Å². The molecule has 2 aliphatic rings. The first-order valence-corrected chi connectivity index (χ1v) is 19.2. The maximum Gasteiger partial charge on any atom is 0.267 e. The van der Waals surface area contributed by atoms with E-state index in [1.54, 1.807) is 6.07 Å². The molecular weight excluding hydrogens is 690 g/mol. The molecule has 2 aromatic carbocycles. The molecule has 1 fully saturated rings.